The number of anilines is 2. The molecule has 7 heteroatoms. The van der Waals surface area contributed by atoms with E-state index in [1.165, 1.54) is 5.01 Å². The number of aryl methyl sites for hydroxylation is 1. The number of hydrogen-bond donors (Lipinski definition) is 2. The lowest BCUT2D eigenvalue weighted by Crippen LogP contribution is -2.36. The third-order valence-corrected chi connectivity index (χ3v) is 4.87. The zero-order chi connectivity index (χ0) is 20.4. The van der Waals surface area contributed by atoms with Crippen LogP contribution in [-0.4, -0.2) is 29.5 Å². The average Bonchev–Trinajstić information content (AvgIpc) is 3.52. The number of carbonyl (C=O) groups is 3. The maximum atomic E-state index is 12.8. The molecule has 0 spiro atoms. The Morgan fingerprint density at radius 1 is 1.03 bits per heavy atom. The van der Waals surface area contributed by atoms with Gasteiger partial charge in [-0.1, -0.05) is 24.3 Å². The lowest BCUT2D eigenvalue weighted by molar-refractivity contribution is -0.118. The van der Waals surface area contributed by atoms with E-state index in [-0.39, 0.29) is 36.4 Å². The van der Waals surface area contributed by atoms with Crippen molar-refractivity contribution >= 4 is 34.8 Å². The Kier molecular flexibility index (Phi) is 5.12. The Morgan fingerprint density at radius 3 is 2.59 bits per heavy atom. The summed E-state index contributed by atoms with van der Waals surface area (Å²) >= 11 is 0. The zero-order valence-electron chi connectivity index (χ0n) is 16.1. The number of hydrazone groups is 1. The van der Waals surface area contributed by atoms with Crippen molar-refractivity contribution in [2.45, 2.75) is 38.6 Å². The first-order chi connectivity index (χ1) is 14.0. The van der Waals surface area contributed by atoms with Crippen LogP contribution >= 0.6 is 0 Å². The van der Waals surface area contributed by atoms with Crippen molar-refractivity contribution in [3.63, 3.8) is 0 Å². The van der Waals surface area contributed by atoms with Gasteiger partial charge in [-0.2, -0.15) is 5.10 Å². The van der Waals surface area contributed by atoms with Gasteiger partial charge in [-0.3, -0.25) is 14.4 Å². The van der Waals surface area contributed by atoms with Crippen molar-refractivity contribution in [1.82, 2.24) is 5.32 Å². The van der Waals surface area contributed by atoms with Crippen molar-refractivity contribution < 1.29 is 14.4 Å². The number of para-hydroxylation sites is 1. The molecule has 2 aromatic carbocycles. The maximum absolute atomic E-state index is 12.8. The van der Waals surface area contributed by atoms with Gasteiger partial charge in [-0.15, -0.1) is 0 Å². The van der Waals surface area contributed by atoms with E-state index in [4.69, 9.17) is 0 Å². The van der Waals surface area contributed by atoms with E-state index in [9.17, 15) is 14.4 Å². The van der Waals surface area contributed by atoms with Gasteiger partial charge >= 0.3 is 0 Å². The number of carbonyl (C=O) groups excluding carboxylic acids is 3. The van der Waals surface area contributed by atoms with E-state index in [1.54, 1.807) is 30.3 Å². The van der Waals surface area contributed by atoms with E-state index in [0.29, 0.717) is 16.9 Å². The fraction of sp³-hybridized carbons (Fsp3) is 0.273. The Balaban J connectivity index is 1.54. The van der Waals surface area contributed by atoms with Crippen molar-refractivity contribution in [3.05, 3.63) is 59.7 Å². The Morgan fingerprint density at radius 2 is 1.83 bits per heavy atom. The molecule has 2 N–H and O–H groups in total. The van der Waals surface area contributed by atoms with Crippen LogP contribution in [0.1, 0.15) is 41.6 Å². The first kappa shape index (κ1) is 18.9. The van der Waals surface area contributed by atoms with E-state index in [1.807, 2.05) is 25.1 Å². The molecule has 7 nitrogen and oxygen atoms in total. The highest BCUT2D eigenvalue weighted by Gasteiger charge is 2.28. The van der Waals surface area contributed by atoms with Crippen LogP contribution in [0.25, 0.3) is 0 Å². The minimum Gasteiger partial charge on any atom is -0.349 e. The highest BCUT2D eigenvalue weighted by molar-refractivity contribution is 6.44. The molecule has 2 aliphatic rings. The molecule has 29 heavy (non-hydrogen) atoms. The van der Waals surface area contributed by atoms with Crippen LogP contribution in [0.4, 0.5) is 11.4 Å². The summed E-state index contributed by atoms with van der Waals surface area (Å²) in [5.41, 5.74) is 2.72. The molecule has 1 saturated carbocycles. The van der Waals surface area contributed by atoms with Crippen molar-refractivity contribution in [2.75, 3.05) is 10.3 Å². The summed E-state index contributed by atoms with van der Waals surface area (Å²) in [5.74, 6) is -0.774. The molecular formula is C22H22N4O3. The molecule has 1 heterocycles. The summed E-state index contributed by atoms with van der Waals surface area (Å²) in [6.45, 7) is 1.93. The lowest BCUT2D eigenvalue weighted by Gasteiger charge is -2.23. The highest BCUT2D eigenvalue weighted by Crippen LogP contribution is 2.23. The van der Waals surface area contributed by atoms with Crippen molar-refractivity contribution in [3.8, 4) is 0 Å². The standard InChI is InChI=1S/C22H22N4O3/c1-14-5-4-6-16(13-14)26-20(27)12-11-19(25-26)22(29)24-18-8-3-2-7-17(18)21(28)23-15-9-10-15/h2-8,13,15H,9-12H2,1H3,(H,23,28)(H,24,29). The molecule has 1 aliphatic heterocycles. The second kappa shape index (κ2) is 7.87. The van der Waals surface area contributed by atoms with Crippen LogP contribution < -0.4 is 15.6 Å². The van der Waals surface area contributed by atoms with Crippen LogP contribution in [0.15, 0.2) is 53.6 Å². The molecule has 1 fully saturated rings. The van der Waals surface area contributed by atoms with Gasteiger partial charge < -0.3 is 10.6 Å². The number of amides is 3. The molecule has 0 saturated heterocycles. The van der Waals surface area contributed by atoms with Crippen LogP contribution in [0.5, 0.6) is 0 Å². The molecule has 0 atom stereocenters. The Hall–Kier alpha value is -3.48. The van der Waals surface area contributed by atoms with Gasteiger partial charge in [0.05, 0.1) is 16.9 Å². The van der Waals surface area contributed by atoms with E-state index in [2.05, 4.69) is 15.7 Å². The van der Waals surface area contributed by atoms with Gasteiger partial charge in [0.2, 0.25) is 5.91 Å². The fourth-order valence-electron chi connectivity index (χ4n) is 3.15. The molecule has 0 aromatic heterocycles. The fourth-order valence-corrected chi connectivity index (χ4v) is 3.15. The summed E-state index contributed by atoms with van der Waals surface area (Å²) < 4.78 is 0. The molecule has 0 unspecified atom stereocenters. The molecule has 1 aliphatic carbocycles. The van der Waals surface area contributed by atoms with Gasteiger partial charge in [-0.05, 0) is 49.6 Å². The van der Waals surface area contributed by atoms with Gasteiger partial charge in [0.15, 0.2) is 0 Å². The largest absolute Gasteiger partial charge is 0.349 e. The Labute approximate surface area is 168 Å². The summed E-state index contributed by atoms with van der Waals surface area (Å²) in [6.07, 6.45) is 2.42. The van der Waals surface area contributed by atoms with Gasteiger partial charge in [-0.25, -0.2) is 5.01 Å². The number of hydrogen-bond acceptors (Lipinski definition) is 4. The van der Waals surface area contributed by atoms with Crippen LogP contribution in [-0.2, 0) is 9.59 Å². The summed E-state index contributed by atoms with van der Waals surface area (Å²) in [7, 11) is 0. The number of nitrogens with zero attached hydrogens (tertiary/aromatic N) is 2. The molecular weight excluding hydrogens is 368 g/mol. The first-order valence-corrected chi connectivity index (χ1v) is 9.69. The van der Waals surface area contributed by atoms with Crippen molar-refractivity contribution in [2.24, 2.45) is 5.10 Å². The smallest absolute Gasteiger partial charge is 0.271 e. The minimum atomic E-state index is -0.415. The second-order valence-corrected chi connectivity index (χ2v) is 7.34. The predicted molar refractivity (Wildman–Crippen MR) is 111 cm³/mol. The molecule has 3 amide bonds. The second-order valence-electron chi connectivity index (χ2n) is 7.34. The molecule has 2 aromatic rings. The SMILES string of the molecule is Cc1cccc(N2N=C(C(=O)Nc3ccccc3C(=O)NC3CC3)CCC2=O)c1. The average molecular weight is 390 g/mol. The Bertz CT molecular complexity index is 1010. The zero-order valence-corrected chi connectivity index (χ0v) is 16.1. The number of benzene rings is 2. The summed E-state index contributed by atoms with van der Waals surface area (Å²) in [6, 6.07) is 14.5. The van der Waals surface area contributed by atoms with E-state index >= 15 is 0 Å². The van der Waals surface area contributed by atoms with Crippen LogP contribution in [0.3, 0.4) is 0 Å². The van der Waals surface area contributed by atoms with E-state index in [0.717, 1.165) is 18.4 Å². The number of rotatable bonds is 5. The minimum absolute atomic E-state index is 0.156. The molecule has 0 bridgehead atoms. The predicted octanol–water partition coefficient (Wildman–Crippen LogP) is 3.01. The molecule has 0 radical (unpaired) electrons. The first-order valence-electron chi connectivity index (χ1n) is 9.69. The topological polar surface area (TPSA) is 90.9 Å². The van der Waals surface area contributed by atoms with Crippen LogP contribution in [0.2, 0.25) is 0 Å². The summed E-state index contributed by atoms with van der Waals surface area (Å²) in [5, 5.41) is 11.3. The highest BCUT2D eigenvalue weighted by atomic mass is 16.2. The normalized spacial score (nSPS) is 16.2. The third kappa shape index (κ3) is 4.34. The summed E-state index contributed by atoms with van der Waals surface area (Å²) in [4.78, 5) is 37.6. The van der Waals surface area contributed by atoms with E-state index < -0.39 is 5.91 Å². The molecule has 4 rings (SSSR count). The van der Waals surface area contributed by atoms with Gasteiger partial charge in [0.1, 0.15) is 5.71 Å². The quantitative estimate of drug-likeness (QED) is 0.822. The monoisotopic (exact) mass is 390 g/mol. The van der Waals surface area contributed by atoms with Gasteiger partial charge in [0.25, 0.3) is 11.8 Å². The van der Waals surface area contributed by atoms with Crippen molar-refractivity contribution in [1.29, 1.82) is 0 Å². The van der Waals surface area contributed by atoms with Crippen LogP contribution in [0, 0.1) is 6.92 Å². The number of nitrogens with one attached hydrogen (secondary N) is 2. The third-order valence-electron chi connectivity index (χ3n) is 4.87. The lowest BCUT2D eigenvalue weighted by atomic mass is 10.1. The maximum Gasteiger partial charge on any atom is 0.271 e. The molecule has 148 valence electrons. The van der Waals surface area contributed by atoms with Gasteiger partial charge in [0, 0.05) is 18.9 Å².